The van der Waals surface area contributed by atoms with Crippen LogP contribution in [0.4, 0.5) is 8.78 Å². The second-order valence-corrected chi connectivity index (χ2v) is 1.63. The molecule has 1 aromatic heterocycles. The second-order valence-electron chi connectivity index (χ2n) is 1.63. The highest BCUT2D eigenvalue weighted by atomic mass is 19.1. The first-order chi connectivity index (χ1) is 4.74. The van der Waals surface area contributed by atoms with Gasteiger partial charge in [0.15, 0.2) is 5.82 Å². The van der Waals surface area contributed by atoms with Crippen molar-refractivity contribution in [2.75, 3.05) is 0 Å². The molecule has 0 N–H and O–H groups in total. The molecule has 0 amide bonds. The Labute approximate surface area is 56.7 Å². The van der Waals surface area contributed by atoms with E-state index in [1.807, 2.05) is 5.92 Å². The summed E-state index contributed by atoms with van der Waals surface area (Å²) in [5.41, 5.74) is -0.104. The highest BCUT2D eigenvalue weighted by Crippen LogP contribution is 2.03. The lowest BCUT2D eigenvalue weighted by Gasteiger charge is -1.91. The van der Waals surface area contributed by atoms with E-state index in [1.54, 1.807) is 0 Å². The largest absolute Gasteiger partial charge is 0.225 e. The molecule has 0 aliphatic rings. The molecule has 0 spiro atoms. The summed E-state index contributed by atoms with van der Waals surface area (Å²) < 4.78 is 24.6. The van der Waals surface area contributed by atoms with Gasteiger partial charge in [0.2, 0.25) is 5.95 Å². The molecule has 1 rings (SSSR count). The Morgan fingerprint density at radius 3 is 2.70 bits per heavy atom. The molecule has 0 aliphatic carbocycles. The molecule has 50 valence electrons. The molecular weight excluding hydrogens is 136 g/mol. The molecule has 1 aromatic rings. The van der Waals surface area contributed by atoms with Crippen LogP contribution in [-0.2, 0) is 0 Å². The fraction of sp³-hybridized carbons (Fsp3) is 0. The summed E-state index contributed by atoms with van der Waals surface area (Å²) >= 11 is 0. The summed E-state index contributed by atoms with van der Waals surface area (Å²) in [5, 5.41) is 0. The summed E-state index contributed by atoms with van der Waals surface area (Å²) in [6.07, 6.45) is 5.59. The van der Waals surface area contributed by atoms with E-state index < -0.39 is 11.8 Å². The van der Waals surface area contributed by atoms with Crippen LogP contribution in [0.15, 0.2) is 12.3 Å². The van der Waals surface area contributed by atoms with E-state index in [0.717, 1.165) is 12.3 Å². The Balaban J connectivity index is 3.25. The minimum Gasteiger partial charge on any atom is -0.225 e. The predicted molar refractivity (Wildman–Crippen MR) is 32.1 cm³/mol. The molecular formula is C7H3F2N. The Morgan fingerprint density at radius 1 is 1.50 bits per heavy atom. The summed E-state index contributed by atoms with van der Waals surface area (Å²) in [4.78, 5) is 3.05. The van der Waals surface area contributed by atoms with Gasteiger partial charge in [-0.05, 0) is 0 Å². The first-order valence-electron chi connectivity index (χ1n) is 2.51. The van der Waals surface area contributed by atoms with E-state index in [0.29, 0.717) is 0 Å². The van der Waals surface area contributed by atoms with Gasteiger partial charge in [-0.3, -0.25) is 0 Å². The van der Waals surface area contributed by atoms with Crippen molar-refractivity contribution in [2.24, 2.45) is 0 Å². The quantitative estimate of drug-likeness (QED) is 0.390. The third-order valence-electron chi connectivity index (χ3n) is 0.977. The molecule has 1 heterocycles. The Morgan fingerprint density at radius 2 is 2.20 bits per heavy atom. The molecule has 0 saturated heterocycles. The topological polar surface area (TPSA) is 12.9 Å². The van der Waals surface area contributed by atoms with E-state index in [-0.39, 0.29) is 5.56 Å². The van der Waals surface area contributed by atoms with Crippen LogP contribution in [0.25, 0.3) is 0 Å². The van der Waals surface area contributed by atoms with Crippen molar-refractivity contribution in [3.05, 3.63) is 29.6 Å². The smallest absolute Gasteiger partial charge is 0.214 e. The Bertz CT molecular complexity index is 288. The normalized spacial score (nSPS) is 8.90. The van der Waals surface area contributed by atoms with Crippen LogP contribution in [0.5, 0.6) is 0 Å². The molecule has 0 aromatic carbocycles. The number of terminal acetylenes is 1. The number of hydrogen-bond acceptors (Lipinski definition) is 1. The zero-order valence-electron chi connectivity index (χ0n) is 4.94. The molecule has 0 fully saturated rings. The average molecular weight is 139 g/mol. The molecule has 0 bridgehead atoms. The maximum Gasteiger partial charge on any atom is 0.214 e. The third-order valence-corrected chi connectivity index (χ3v) is 0.977. The molecule has 10 heavy (non-hydrogen) atoms. The molecule has 3 heteroatoms. The van der Waals surface area contributed by atoms with Crippen LogP contribution in [-0.4, -0.2) is 4.98 Å². The Kier molecular flexibility index (Phi) is 1.63. The van der Waals surface area contributed by atoms with Gasteiger partial charge in [0.1, 0.15) is 0 Å². The van der Waals surface area contributed by atoms with Gasteiger partial charge >= 0.3 is 0 Å². The first-order valence-corrected chi connectivity index (χ1v) is 2.51. The lowest BCUT2D eigenvalue weighted by atomic mass is 10.3. The van der Waals surface area contributed by atoms with E-state index in [2.05, 4.69) is 4.98 Å². The van der Waals surface area contributed by atoms with Crippen LogP contribution < -0.4 is 0 Å². The molecule has 1 nitrogen and oxygen atoms in total. The van der Waals surface area contributed by atoms with Crippen molar-refractivity contribution in [3.63, 3.8) is 0 Å². The maximum absolute atomic E-state index is 12.4. The van der Waals surface area contributed by atoms with Crippen molar-refractivity contribution in [2.45, 2.75) is 0 Å². The number of rotatable bonds is 0. The highest BCUT2D eigenvalue weighted by molar-refractivity contribution is 5.30. The number of halogens is 2. The second kappa shape index (κ2) is 2.44. The Hall–Kier alpha value is -1.43. The number of nitrogens with zero attached hydrogens (tertiary/aromatic N) is 1. The minimum absolute atomic E-state index is 0.104. The fourth-order valence-corrected chi connectivity index (χ4v) is 0.524. The van der Waals surface area contributed by atoms with Crippen molar-refractivity contribution in [3.8, 4) is 12.3 Å². The molecule has 0 saturated carbocycles. The van der Waals surface area contributed by atoms with Crippen molar-refractivity contribution in [1.29, 1.82) is 0 Å². The summed E-state index contributed by atoms with van der Waals surface area (Å²) in [6, 6.07) is 0.870. The predicted octanol–water partition coefficient (Wildman–Crippen LogP) is 1.34. The van der Waals surface area contributed by atoms with Gasteiger partial charge in [-0.1, -0.05) is 5.92 Å². The zero-order chi connectivity index (χ0) is 7.56. The van der Waals surface area contributed by atoms with Gasteiger partial charge < -0.3 is 0 Å². The van der Waals surface area contributed by atoms with E-state index in [4.69, 9.17) is 6.42 Å². The lowest BCUT2D eigenvalue weighted by Crippen LogP contribution is -1.88. The SMILES string of the molecule is C#Cc1cc(F)ncc1F. The molecule has 0 aliphatic heterocycles. The van der Waals surface area contributed by atoms with Crippen LogP contribution in [0.3, 0.4) is 0 Å². The van der Waals surface area contributed by atoms with Crippen molar-refractivity contribution >= 4 is 0 Å². The third kappa shape index (κ3) is 1.11. The van der Waals surface area contributed by atoms with Gasteiger partial charge in [-0.15, -0.1) is 6.42 Å². The van der Waals surface area contributed by atoms with Crippen LogP contribution in [0, 0.1) is 24.1 Å². The number of aromatic nitrogens is 1. The van der Waals surface area contributed by atoms with Crippen LogP contribution in [0.2, 0.25) is 0 Å². The summed E-state index contributed by atoms with van der Waals surface area (Å²) in [6.45, 7) is 0. The van der Waals surface area contributed by atoms with Crippen molar-refractivity contribution < 1.29 is 8.78 Å². The molecule has 0 radical (unpaired) electrons. The van der Waals surface area contributed by atoms with Gasteiger partial charge in [0.25, 0.3) is 0 Å². The summed E-state index contributed by atoms with van der Waals surface area (Å²) in [7, 11) is 0. The maximum atomic E-state index is 12.4. The molecule has 0 atom stereocenters. The monoisotopic (exact) mass is 139 g/mol. The standard InChI is InChI=1S/C7H3F2N/c1-2-5-3-7(9)10-4-6(5)8/h1,3-4H. The number of pyridine rings is 1. The van der Waals surface area contributed by atoms with Crippen LogP contribution >= 0.6 is 0 Å². The van der Waals surface area contributed by atoms with Crippen molar-refractivity contribution in [1.82, 2.24) is 4.98 Å². The van der Waals surface area contributed by atoms with E-state index in [9.17, 15) is 8.78 Å². The average Bonchev–Trinajstić information content (AvgIpc) is 1.94. The highest BCUT2D eigenvalue weighted by Gasteiger charge is 1.99. The number of hydrogen-bond donors (Lipinski definition) is 0. The van der Waals surface area contributed by atoms with Crippen LogP contribution in [0.1, 0.15) is 5.56 Å². The zero-order valence-corrected chi connectivity index (χ0v) is 4.94. The van der Waals surface area contributed by atoms with Gasteiger partial charge in [-0.25, -0.2) is 9.37 Å². The fourth-order valence-electron chi connectivity index (χ4n) is 0.524. The lowest BCUT2D eigenvalue weighted by molar-refractivity contribution is 0.558. The van der Waals surface area contributed by atoms with Gasteiger partial charge in [0.05, 0.1) is 11.8 Å². The minimum atomic E-state index is -0.769. The van der Waals surface area contributed by atoms with E-state index in [1.165, 1.54) is 0 Å². The first kappa shape index (κ1) is 6.69. The van der Waals surface area contributed by atoms with E-state index >= 15 is 0 Å². The molecule has 0 unspecified atom stereocenters. The van der Waals surface area contributed by atoms with Gasteiger partial charge in [0, 0.05) is 6.07 Å². The summed E-state index contributed by atoms with van der Waals surface area (Å²) in [5.74, 6) is 0.535. The van der Waals surface area contributed by atoms with Gasteiger partial charge in [-0.2, -0.15) is 4.39 Å².